The van der Waals surface area contributed by atoms with Gasteiger partial charge in [-0.05, 0) is 289 Å². The fourth-order valence-corrected chi connectivity index (χ4v) is 28.1. The Balaban J connectivity index is 0.911. The minimum atomic E-state index is 1.12. The van der Waals surface area contributed by atoms with Gasteiger partial charge in [0.2, 0.25) is 0 Å². The molecular formula is C108H141NS9. The van der Waals surface area contributed by atoms with Gasteiger partial charge in [0.1, 0.15) is 0 Å². The van der Waals surface area contributed by atoms with Crippen LogP contribution >= 0.6 is 102 Å². The van der Waals surface area contributed by atoms with Crippen LogP contribution in [0, 0.1) is 0 Å². The van der Waals surface area contributed by atoms with E-state index in [0.29, 0.717) is 0 Å². The summed E-state index contributed by atoms with van der Waals surface area (Å²) in [5, 5.41) is 7.41. The van der Waals surface area contributed by atoms with Crippen molar-refractivity contribution in [2.45, 2.75) is 351 Å². The Labute approximate surface area is 751 Å². The van der Waals surface area contributed by atoms with Gasteiger partial charge >= 0.3 is 0 Å². The van der Waals surface area contributed by atoms with Crippen LogP contribution in [0.1, 0.15) is 344 Å². The molecule has 0 amide bonds. The lowest BCUT2D eigenvalue weighted by molar-refractivity contribution is 0.667. The molecule has 0 spiro atoms. The monoisotopic (exact) mass is 1740 g/mol. The molecule has 10 heteroatoms. The second-order valence-corrected chi connectivity index (χ2v) is 43.1. The maximum atomic E-state index is 2.63. The van der Waals surface area contributed by atoms with Gasteiger partial charge in [-0.25, -0.2) is 0 Å². The Kier molecular flexibility index (Phi) is 38.9. The van der Waals surface area contributed by atoms with E-state index in [0.717, 1.165) is 38.5 Å². The van der Waals surface area contributed by atoms with Gasteiger partial charge in [-0.3, -0.25) is 0 Å². The van der Waals surface area contributed by atoms with E-state index in [1.54, 1.807) is 16.7 Å². The molecule has 632 valence electrons. The lowest BCUT2D eigenvalue weighted by atomic mass is 10.0. The zero-order chi connectivity index (χ0) is 82.1. The number of aryl methyl sites for hydroxylation is 9. The Hall–Kier alpha value is -5.24. The summed E-state index contributed by atoms with van der Waals surface area (Å²) in [6, 6.07) is 52.5. The van der Waals surface area contributed by atoms with Crippen molar-refractivity contribution in [2.24, 2.45) is 0 Å². The molecule has 0 aliphatic carbocycles. The zero-order valence-corrected chi connectivity index (χ0v) is 81.1. The van der Waals surface area contributed by atoms with Crippen LogP contribution in [0.25, 0.3) is 89.8 Å². The highest BCUT2D eigenvalue weighted by molar-refractivity contribution is 7.29. The third kappa shape index (κ3) is 26.2. The number of hydrogen-bond acceptors (Lipinski definition) is 10. The van der Waals surface area contributed by atoms with Crippen LogP contribution in [0.5, 0.6) is 0 Å². The van der Waals surface area contributed by atoms with Crippen molar-refractivity contribution in [3.8, 4) is 89.8 Å². The average molecular weight is 1740 g/mol. The minimum Gasteiger partial charge on any atom is -0.311 e. The molecule has 3 aromatic carbocycles. The first kappa shape index (κ1) is 92.0. The van der Waals surface area contributed by atoms with Crippen LogP contribution in [-0.2, 0) is 57.8 Å². The number of hydrogen-bond donors (Lipinski definition) is 0. The van der Waals surface area contributed by atoms with Crippen molar-refractivity contribution >= 4 is 119 Å². The van der Waals surface area contributed by atoms with E-state index in [-0.39, 0.29) is 0 Å². The Bertz CT molecular complexity index is 4340. The standard InChI is InChI=1S/C108H141NS9/c1-10-19-28-37-46-79-67-97(110-76-79)103-88(52-43-34-25-16-7)73-100(116-103)106-85(49-40-31-22-13-4)70-94(113-106)82-55-61-91(62-56-82)109(92-63-57-83(58-64-92)95-71-86(50-41-32-23-14-5)107(114-95)101-74-89(53-44-35-26-17-8)104(117-101)98-68-80(77-111-98)47-38-29-20-11-2)93-65-59-84(60-66-93)96-72-87(51-42-33-24-15-6)108(115-96)102-75-90(54-45-36-27-18-9)105(118-102)99-69-81(78-112-99)48-39-30-21-12-3/h55-78H,10-54H2,1-9H3. The third-order valence-electron chi connectivity index (χ3n) is 24.1. The number of thiophene rings is 9. The Morgan fingerprint density at radius 2 is 0.373 bits per heavy atom. The summed E-state index contributed by atoms with van der Waals surface area (Å²) in [5.41, 5.74) is 21.3. The Morgan fingerprint density at radius 1 is 0.186 bits per heavy atom. The van der Waals surface area contributed by atoms with Gasteiger partial charge in [-0.15, -0.1) is 102 Å². The normalized spacial score (nSPS) is 11.8. The summed E-state index contributed by atoms with van der Waals surface area (Å²) in [7, 11) is 0. The van der Waals surface area contributed by atoms with Crippen molar-refractivity contribution in [3.63, 3.8) is 0 Å². The molecule has 0 bridgehead atoms. The fourth-order valence-electron chi connectivity index (χ4n) is 17.1. The van der Waals surface area contributed by atoms with Crippen molar-refractivity contribution in [1.29, 1.82) is 0 Å². The first-order valence-corrected chi connectivity index (χ1v) is 54.8. The summed E-state index contributed by atoms with van der Waals surface area (Å²) >= 11 is 18.3. The largest absolute Gasteiger partial charge is 0.311 e. The molecule has 0 saturated carbocycles. The molecule has 0 atom stereocenters. The Morgan fingerprint density at radius 3 is 0.585 bits per heavy atom. The van der Waals surface area contributed by atoms with Crippen molar-refractivity contribution in [3.05, 3.63) is 194 Å². The fraction of sp³-hybridized carbons (Fsp3) is 0.500. The lowest BCUT2D eigenvalue weighted by Gasteiger charge is -2.26. The maximum Gasteiger partial charge on any atom is 0.0481 e. The molecule has 0 saturated heterocycles. The number of nitrogens with zero attached hydrogens (tertiary/aromatic N) is 1. The van der Waals surface area contributed by atoms with Gasteiger partial charge < -0.3 is 4.90 Å². The van der Waals surface area contributed by atoms with Crippen LogP contribution in [0.3, 0.4) is 0 Å². The zero-order valence-electron chi connectivity index (χ0n) is 73.8. The topological polar surface area (TPSA) is 3.24 Å². The highest BCUT2D eigenvalue weighted by Gasteiger charge is 2.26. The second-order valence-electron chi connectivity index (χ2n) is 34.0. The molecule has 0 aliphatic rings. The summed E-state index contributed by atoms with van der Waals surface area (Å²) in [6.07, 6.45) is 56.8. The van der Waals surface area contributed by atoms with E-state index >= 15 is 0 Å². The van der Waals surface area contributed by atoms with Crippen molar-refractivity contribution < 1.29 is 0 Å². The molecule has 1 nitrogen and oxygen atoms in total. The number of anilines is 3. The summed E-state index contributed by atoms with van der Waals surface area (Å²) in [6.45, 7) is 21.0. The van der Waals surface area contributed by atoms with Crippen LogP contribution in [0.15, 0.2) is 144 Å². The highest BCUT2D eigenvalue weighted by Crippen LogP contribution is 2.52. The lowest BCUT2D eigenvalue weighted by Crippen LogP contribution is -2.09. The highest BCUT2D eigenvalue weighted by atomic mass is 32.1. The van der Waals surface area contributed by atoms with Gasteiger partial charge in [0.15, 0.2) is 0 Å². The van der Waals surface area contributed by atoms with Crippen molar-refractivity contribution in [1.82, 2.24) is 0 Å². The molecular weight excluding hydrogens is 1600 g/mol. The maximum absolute atomic E-state index is 2.63. The van der Waals surface area contributed by atoms with Gasteiger partial charge in [0.05, 0.1) is 0 Å². The van der Waals surface area contributed by atoms with Crippen LogP contribution in [0.2, 0.25) is 0 Å². The number of rotatable bonds is 57. The molecule has 9 heterocycles. The van der Waals surface area contributed by atoms with Crippen LogP contribution in [-0.4, -0.2) is 0 Å². The molecule has 0 unspecified atom stereocenters. The average Bonchev–Trinajstić information content (AvgIpc) is 1.65. The van der Waals surface area contributed by atoms with Gasteiger partial charge in [0.25, 0.3) is 0 Å². The molecule has 0 N–H and O–H groups in total. The first-order valence-electron chi connectivity index (χ1n) is 47.3. The smallest absolute Gasteiger partial charge is 0.0481 e. The summed E-state index contributed by atoms with van der Waals surface area (Å²) in [5.74, 6) is 0. The second kappa shape index (κ2) is 49.9. The molecule has 0 radical (unpaired) electrons. The minimum absolute atomic E-state index is 1.12. The van der Waals surface area contributed by atoms with Crippen LogP contribution < -0.4 is 4.90 Å². The predicted molar refractivity (Wildman–Crippen MR) is 542 cm³/mol. The van der Waals surface area contributed by atoms with E-state index in [1.807, 2.05) is 68.0 Å². The van der Waals surface area contributed by atoms with E-state index in [9.17, 15) is 0 Å². The number of unbranched alkanes of at least 4 members (excludes halogenated alkanes) is 27. The van der Waals surface area contributed by atoms with E-state index < -0.39 is 0 Å². The van der Waals surface area contributed by atoms with Gasteiger partial charge in [-0.1, -0.05) is 272 Å². The summed E-state index contributed by atoms with van der Waals surface area (Å²) < 4.78 is 0. The predicted octanol–water partition coefficient (Wildman–Crippen LogP) is 39.8. The van der Waals surface area contributed by atoms with Crippen LogP contribution in [0.4, 0.5) is 17.1 Å². The van der Waals surface area contributed by atoms with Gasteiger partial charge in [0, 0.05) is 90.2 Å². The van der Waals surface area contributed by atoms with Crippen molar-refractivity contribution in [2.75, 3.05) is 4.90 Å². The molecule has 0 aliphatic heterocycles. The quantitative estimate of drug-likeness (QED) is 0.0344. The third-order valence-corrected chi connectivity index (χ3v) is 35.4. The van der Waals surface area contributed by atoms with Gasteiger partial charge in [-0.2, -0.15) is 0 Å². The van der Waals surface area contributed by atoms with E-state index in [4.69, 9.17) is 0 Å². The van der Waals surface area contributed by atoms with E-state index in [2.05, 4.69) is 245 Å². The van der Waals surface area contributed by atoms with E-state index in [1.165, 1.54) is 391 Å². The SMILES string of the molecule is CCCCCCc1csc(-c2sc(-c3sc(-c4ccc(N(c5ccc(-c6cc(CCCCCC)c(-c7cc(CCCCCC)c(-c8cc(CCCCCC)cs8)s7)s6)cc5)c5ccc(-c6cc(CCCCCC)c(-c7cc(CCCCCC)c(-c8cc(CCCCCC)cs8)s7)s6)cc5)cc4)cc3CCCCCC)cc2CCCCCC)c1. The molecule has 12 aromatic rings. The molecule has 0 fully saturated rings. The summed E-state index contributed by atoms with van der Waals surface area (Å²) in [4.78, 5) is 24.6. The first-order chi connectivity index (χ1) is 58.1. The number of benzene rings is 3. The molecule has 118 heavy (non-hydrogen) atoms. The molecule has 9 aromatic heterocycles. The molecule has 12 rings (SSSR count).